The van der Waals surface area contributed by atoms with Crippen molar-refractivity contribution in [1.82, 2.24) is 0 Å². The van der Waals surface area contributed by atoms with Crippen molar-refractivity contribution in [2.24, 2.45) is 0 Å². The van der Waals surface area contributed by atoms with Crippen molar-refractivity contribution in [3.8, 4) is 78.3 Å². The number of nitrogens with zero attached hydrogens (tertiary/aromatic N) is 1. The number of anilines is 3. The van der Waals surface area contributed by atoms with Gasteiger partial charge in [0.15, 0.2) is 0 Å². The normalized spacial score (nSPS) is 13.0. The van der Waals surface area contributed by atoms with Crippen LogP contribution < -0.4 is 9.64 Å². The second-order valence-corrected chi connectivity index (χ2v) is 19.0. The first-order valence-corrected chi connectivity index (χ1v) is 24.6. The number of ether oxygens (including phenoxy) is 1. The summed E-state index contributed by atoms with van der Waals surface area (Å²) in [4.78, 5) is 2.61. The molecule has 0 saturated heterocycles. The lowest BCUT2D eigenvalue weighted by Gasteiger charge is -2.40. The van der Waals surface area contributed by atoms with Gasteiger partial charge in [0.25, 0.3) is 0 Å². The van der Waals surface area contributed by atoms with Crippen molar-refractivity contribution in [2.75, 3.05) is 4.90 Å². The largest absolute Gasteiger partial charge is 0.457 e. The fraction of sp³-hybridized carbons (Fsp3) is 0.0145. The van der Waals surface area contributed by atoms with Gasteiger partial charge in [-0.15, -0.1) is 0 Å². The van der Waals surface area contributed by atoms with E-state index in [1.807, 2.05) is 0 Å². The molecule has 1 aliphatic heterocycles. The van der Waals surface area contributed by atoms with Crippen LogP contribution in [0.15, 0.2) is 261 Å². The third-order valence-electron chi connectivity index (χ3n) is 15.4. The molecule has 0 bridgehead atoms. The molecule has 0 atom stereocenters. The van der Waals surface area contributed by atoms with Gasteiger partial charge in [-0.05, 0) is 114 Å². The molecule has 1 heterocycles. The molecule has 0 unspecified atom stereocenters. The van der Waals surface area contributed by atoms with E-state index in [9.17, 15) is 0 Å². The molecule has 2 nitrogen and oxygen atoms in total. The van der Waals surface area contributed by atoms with Crippen LogP contribution in [0.3, 0.4) is 0 Å². The summed E-state index contributed by atoms with van der Waals surface area (Å²) in [6, 6.07) is 96.0. The van der Waals surface area contributed by atoms with Gasteiger partial charge < -0.3 is 9.64 Å². The Labute approximate surface area is 413 Å². The Kier molecular flexibility index (Phi) is 8.61. The van der Waals surface area contributed by atoms with Crippen molar-refractivity contribution >= 4 is 38.6 Å². The summed E-state index contributed by atoms with van der Waals surface area (Å²) in [7, 11) is 0. The van der Waals surface area contributed by atoms with Crippen molar-refractivity contribution in [2.45, 2.75) is 5.41 Å². The summed E-state index contributed by atoms with van der Waals surface area (Å²) in [6.07, 6.45) is 0. The van der Waals surface area contributed by atoms with Crippen LogP contribution in [0.4, 0.5) is 17.1 Å². The van der Waals surface area contributed by atoms with Crippen molar-refractivity contribution in [1.29, 1.82) is 0 Å². The first-order valence-electron chi connectivity index (χ1n) is 24.6. The van der Waals surface area contributed by atoms with Crippen LogP contribution in [0.2, 0.25) is 0 Å². The summed E-state index contributed by atoms with van der Waals surface area (Å²) < 4.78 is 6.79. The number of benzene rings is 12. The zero-order valence-corrected chi connectivity index (χ0v) is 38.7. The molecule has 330 valence electrons. The molecule has 71 heavy (non-hydrogen) atoms. The van der Waals surface area contributed by atoms with E-state index in [4.69, 9.17) is 4.74 Å². The highest BCUT2D eigenvalue weighted by Crippen LogP contribution is 2.67. The molecule has 12 aromatic carbocycles. The fourth-order valence-electron chi connectivity index (χ4n) is 12.6. The molecule has 0 aromatic heterocycles. The number of hydrogen-bond acceptors (Lipinski definition) is 2. The zero-order valence-electron chi connectivity index (χ0n) is 38.7. The molecule has 0 saturated carbocycles. The van der Waals surface area contributed by atoms with Crippen LogP contribution in [0.5, 0.6) is 11.5 Å². The van der Waals surface area contributed by atoms with E-state index >= 15 is 0 Å². The molecule has 0 fully saturated rings. The van der Waals surface area contributed by atoms with Gasteiger partial charge in [0.2, 0.25) is 0 Å². The molecule has 2 aliphatic carbocycles. The number of para-hydroxylation sites is 2. The first kappa shape index (κ1) is 39.7. The van der Waals surface area contributed by atoms with E-state index in [1.165, 1.54) is 105 Å². The minimum Gasteiger partial charge on any atom is -0.457 e. The van der Waals surface area contributed by atoms with Gasteiger partial charge in [-0.3, -0.25) is 0 Å². The van der Waals surface area contributed by atoms with Crippen molar-refractivity contribution in [3.63, 3.8) is 0 Å². The van der Waals surface area contributed by atoms with Gasteiger partial charge in [-0.1, -0.05) is 224 Å². The van der Waals surface area contributed by atoms with E-state index in [1.54, 1.807) is 0 Å². The predicted molar refractivity (Wildman–Crippen MR) is 294 cm³/mol. The van der Waals surface area contributed by atoms with Crippen molar-refractivity contribution < 1.29 is 4.74 Å². The maximum absolute atomic E-state index is 6.79. The summed E-state index contributed by atoms with van der Waals surface area (Å²) in [6.45, 7) is 0. The van der Waals surface area contributed by atoms with E-state index in [-0.39, 0.29) is 0 Å². The highest BCUT2D eigenvalue weighted by molar-refractivity contribution is 6.30. The Balaban J connectivity index is 1.09. The molecule has 2 heteroatoms. The summed E-state index contributed by atoms with van der Waals surface area (Å²) in [5.74, 6) is 1.77. The van der Waals surface area contributed by atoms with Gasteiger partial charge >= 0.3 is 0 Å². The Bertz CT molecular complexity index is 4070. The molecule has 0 amide bonds. The highest BCUT2D eigenvalue weighted by atomic mass is 16.5. The molecule has 1 spiro atoms. The SMILES string of the molecule is c1ccc(-c2ccc(N(c3cccc4c3-c3ccccc3C43c4ccccc4Oc4ccccc43)c3c4c(cc5ccccc35)-c3c-4c(-c4ccccc4)c4ccccc4c3-c3ccccc3)cc2)cc1. The van der Waals surface area contributed by atoms with Crippen LogP contribution in [-0.2, 0) is 5.41 Å². The highest BCUT2D eigenvalue weighted by Gasteiger charge is 2.52. The molecule has 0 N–H and O–H groups in total. The van der Waals surface area contributed by atoms with E-state index < -0.39 is 5.41 Å². The third kappa shape index (κ3) is 5.59. The number of rotatable bonds is 6. The second-order valence-electron chi connectivity index (χ2n) is 19.0. The lowest BCUT2D eigenvalue weighted by atomic mass is 9.66. The minimum atomic E-state index is -0.628. The number of hydrogen-bond donors (Lipinski definition) is 0. The van der Waals surface area contributed by atoms with Gasteiger partial charge in [-0.25, -0.2) is 0 Å². The quantitative estimate of drug-likeness (QED) is 0.165. The Hall–Kier alpha value is -9.24. The summed E-state index contributed by atoms with van der Waals surface area (Å²) >= 11 is 0. The Morgan fingerprint density at radius 3 is 1.44 bits per heavy atom. The third-order valence-corrected chi connectivity index (χ3v) is 15.4. The average molecular weight is 902 g/mol. The molecule has 0 radical (unpaired) electrons. The maximum Gasteiger partial charge on any atom is 0.132 e. The van der Waals surface area contributed by atoms with Crippen LogP contribution >= 0.6 is 0 Å². The van der Waals surface area contributed by atoms with Crippen LogP contribution in [-0.4, -0.2) is 0 Å². The monoisotopic (exact) mass is 901 g/mol. The second kappa shape index (κ2) is 15.4. The Morgan fingerprint density at radius 1 is 0.296 bits per heavy atom. The van der Waals surface area contributed by atoms with E-state index in [0.29, 0.717) is 0 Å². The molecular weight excluding hydrogens is 859 g/mol. The van der Waals surface area contributed by atoms with Crippen LogP contribution in [0.25, 0.3) is 88.3 Å². The average Bonchev–Trinajstić information content (AvgIpc) is 3.74. The van der Waals surface area contributed by atoms with Gasteiger partial charge in [0.05, 0.1) is 16.8 Å². The lowest BCUT2D eigenvalue weighted by molar-refractivity contribution is 0.436. The molecular formula is C69H43NO. The Morgan fingerprint density at radius 2 is 0.789 bits per heavy atom. The minimum absolute atomic E-state index is 0.628. The first-order chi connectivity index (χ1) is 35.3. The fourth-order valence-corrected chi connectivity index (χ4v) is 12.6. The van der Waals surface area contributed by atoms with E-state index in [0.717, 1.165) is 34.0 Å². The summed E-state index contributed by atoms with van der Waals surface area (Å²) in [5, 5.41) is 4.89. The topological polar surface area (TPSA) is 12.5 Å². The standard InChI is InChI=1S/C69H43NO/c1-4-21-44(22-5-1)45-39-41-49(42-40-45)70(59-36-20-35-58-64(59)53-31-14-15-32-55(53)69(58)56-33-16-18-37-60(56)71-61-38-19-17-34-57(61)69)68-50-28-11-10-27-48(50)43-54-65-62(46-23-6-2-7-24-46)51-29-12-13-30-52(51)63(67(65)66(54)68)47-25-8-3-9-26-47/h1-43H. The van der Waals surface area contributed by atoms with Crippen molar-refractivity contribution in [3.05, 3.63) is 283 Å². The van der Waals surface area contributed by atoms with E-state index in [2.05, 4.69) is 266 Å². The molecule has 12 aromatic rings. The van der Waals surface area contributed by atoms with Crippen LogP contribution in [0.1, 0.15) is 22.3 Å². The van der Waals surface area contributed by atoms with Crippen LogP contribution in [0, 0.1) is 0 Å². The predicted octanol–water partition coefficient (Wildman–Crippen LogP) is 18.6. The lowest BCUT2D eigenvalue weighted by Crippen LogP contribution is -2.32. The maximum atomic E-state index is 6.79. The van der Waals surface area contributed by atoms with Gasteiger partial charge in [0.1, 0.15) is 11.5 Å². The zero-order chi connectivity index (χ0) is 46.6. The number of fused-ring (bicyclic) bond motifs is 15. The van der Waals surface area contributed by atoms with Gasteiger partial charge in [-0.2, -0.15) is 0 Å². The van der Waals surface area contributed by atoms with Gasteiger partial charge in [0, 0.05) is 38.9 Å². The summed E-state index contributed by atoms with van der Waals surface area (Å²) in [5.41, 5.74) is 22.4. The smallest absolute Gasteiger partial charge is 0.132 e. The molecule has 3 aliphatic rings. The molecule has 15 rings (SSSR count).